The summed E-state index contributed by atoms with van der Waals surface area (Å²) in [5.74, 6) is -3.52. The summed E-state index contributed by atoms with van der Waals surface area (Å²) in [6, 6.07) is 0. The predicted octanol–water partition coefficient (Wildman–Crippen LogP) is 0.478. The summed E-state index contributed by atoms with van der Waals surface area (Å²) < 4.78 is 3.73. The molecule has 0 bridgehead atoms. The number of rotatable bonds is 3. The lowest BCUT2D eigenvalue weighted by Crippen LogP contribution is -2.28. The molecule has 0 unspecified atom stereocenters. The number of halogens is 1. The molecule has 0 rings (SSSR count). The number of hydrogen-bond acceptors (Lipinski definition) is 4. The second kappa shape index (κ2) is 4.08. The Balaban J connectivity index is 4.47. The Morgan fingerprint density at radius 2 is 1.55 bits per heavy atom. The van der Waals surface area contributed by atoms with Gasteiger partial charge in [0.15, 0.2) is 17.5 Å². The Bertz CT molecular complexity index is 185. The lowest BCUT2D eigenvalue weighted by Gasteiger charge is -2.03. The van der Waals surface area contributed by atoms with Crippen molar-refractivity contribution in [1.29, 1.82) is 0 Å². The molecule has 0 aromatic rings. The van der Waals surface area contributed by atoms with Crippen molar-refractivity contribution in [2.75, 3.05) is 0 Å². The van der Waals surface area contributed by atoms with E-state index < -0.39 is 23.5 Å². The lowest BCUT2D eigenvalue weighted by atomic mass is 10.0. The summed E-state index contributed by atoms with van der Waals surface area (Å²) >= 11 is 4.68. The number of hydrogen-bond donors (Lipinski definition) is 0. The third kappa shape index (κ3) is 2.67. The molecular formula is C6H7ClO4. The maximum absolute atomic E-state index is 10.6. The Hall–Kier alpha value is -0.900. The normalized spacial score (nSPS) is 9.45. The summed E-state index contributed by atoms with van der Waals surface area (Å²) in [7, 11) is 0. The molecule has 0 aliphatic rings. The van der Waals surface area contributed by atoms with Gasteiger partial charge < -0.3 is 4.29 Å². The number of ketones is 2. The van der Waals surface area contributed by atoms with Gasteiger partial charge in [0.25, 0.3) is 0 Å². The van der Waals surface area contributed by atoms with Gasteiger partial charge in [0.05, 0.1) is 0 Å². The van der Waals surface area contributed by atoms with Crippen molar-refractivity contribution in [1.82, 2.24) is 0 Å². The van der Waals surface area contributed by atoms with E-state index in [-0.39, 0.29) is 0 Å². The van der Waals surface area contributed by atoms with Crippen molar-refractivity contribution in [2.45, 2.75) is 13.8 Å². The molecule has 5 heteroatoms. The molecule has 0 fully saturated rings. The molecule has 0 aromatic carbocycles. The van der Waals surface area contributed by atoms with Gasteiger partial charge in [-0.15, -0.1) is 0 Å². The van der Waals surface area contributed by atoms with Gasteiger partial charge >= 0.3 is 5.97 Å². The molecule has 0 saturated heterocycles. The van der Waals surface area contributed by atoms with Crippen molar-refractivity contribution in [3.05, 3.63) is 0 Å². The highest BCUT2D eigenvalue weighted by atomic mass is 35.5. The van der Waals surface area contributed by atoms with Crippen LogP contribution in [0.3, 0.4) is 0 Å². The van der Waals surface area contributed by atoms with Gasteiger partial charge in [-0.05, 0) is 13.8 Å². The summed E-state index contributed by atoms with van der Waals surface area (Å²) in [5.41, 5.74) is 0. The SMILES string of the molecule is CC(=O)C(C(C)=O)C(=O)OCl. The minimum Gasteiger partial charge on any atom is -0.346 e. The third-order valence-electron chi connectivity index (χ3n) is 1.12. The van der Waals surface area contributed by atoms with Gasteiger partial charge in [0.1, 0.15) is 11.9 Å². The van der Waals surface area contributed by atoms with Gasteiger partial charge in [-0.1, -0.05) is 0 Å². The smallest absolute Gasteiger partial charge is 0.342 e. The first-order valence-corrected chi connectivity index (χ1v) is 3.15. The molecule has 0 aromatic heterocycles. The van der Waals surface area contributed by atoms with E-state index >= 15 is 0 Å². The van der Waals surface area contributed by atoms with E-state index in [1.807, 2.05) is 0 Å². The summed E-state index contributed by atoms with van der Waals surface area (Å²) in [6.45, 7) is 2.25. The fourth-order valence-corrected chi connectivity index (χ4v) is 0.752. The van der Waals surface area contributed by atoms with Gasteiger partial charge in [0, 0.05) is 0 Å². The molecule has 0 heterocycles. The molecule has 0 spiro atoms. The summed E-state index contributed by atoms with van der Waals surface area (Å²) in [5, 5.41) is 0. The molecule has 4 nitrogen and oxygen atoms in total. The van der Waals surface area contributed by atoms with Crippen molar-refractivity contribution in [3.8, 4) is 0 Å². The van der Waals surface area contributed by atoms with Crippen molar-refractivity contribution < 1.29 is 18.7 Å². The minimum absolute atomic E-state index is 0.567. The number of Topliss-reactive ketones (excluding diaryl/α,β-unsaturated/α-hetero) is 2. The molecule has 0 aliphatic carbocycles. The average Bonchev–Trinajstić information content (AvgIpc) is 1.85. The minimum atomic E-state index is -1.37. The molecule has 0 atom stereocenters. The van der Waals surface area contributed by atoms with Crippen molar-refractivity contribution in [2.24, 2.45) is 5.92 Å². The van der Waals surface area contributed by atoms with Crippen LogP contribution >= 0.6 is 11.9 Å². The maximum Gasteiger partial charge on any atom is 0.342 e. The lowest BCUT2D eigenvalue weighted by molar-refractivity contribution is -0.147. The van der Waals surface area contributed by atoms with Crippen molar-refractivity contribution in [3.63, 3.8) is 0 Å². The number of carbonyl (C=O) groups is 3. The zero-order valence-electron chi connectivity index (χ0n) is 6.09. The topological polar surface area (TPSA) is 60.4 Å². The maximum atomic E-state index is 10.6. The highest BCUT2D eigenvalue weighted by Gasteiger charge is 2.29. The molecule has 11 heavy (non-hydrogen) atoms. The van der Waals surface area contributed by atoms with E-state index in [0.717, 1.165) is 13.8 Å². The third-order valence-corrected chi connectivity index (χ3v) is 1.28. The second-order valence-corrected chi connectivity index (χ2v) is 2.20. The monoisotopic (exact) mass is 178 g/mol. The van der Waals surface area contributed by atoms with E-state index in [2.05, 4.69) is 16.2 Å². The first-order chi connectivity index (χ1) is 5.00. The molecule has 0 N–H and O–H groups in total. The van der Waals surface area contributed by atoms with Crippen LogP contribution < -0.4 is 0 Å². The Labute approximate surface area is 68.6 Å². The van der Waals surface area contributed by atoms with Crippen LogP contribution in [0, 0.1) is 5.92 Å². The van der Waals surface area contributed by atoms with E-state index in [0.29, 0.717) is 0 Å². The molecule has 0 amide bonds. The quantitative estimate of drug-likeness (QED) is 0.590. The van der Waals surface area contributed by atoms with Crippen LogP contribution in [0.1, 0.15) is 13.8 Å². The van der Waals surface area contributed by atoms with E-state index in [1.54, 1.807) is 0 Å². The van der Waals surface area contributed by atoms with Crippen LogP contribution in [0.25, 0.3) is 0 Å². The molecule has 0 radical (unpaired) electrons. The Morgan fingerprint density at radius 3 is 1.64 bits per heavy atom. The fraction of sp³-hybridized carbons (Fsp3) is 0.500. The summed E-state index contributed by atoms with van der Waals surface area (Å²) in [6.07, 6.45) is 0. The van der Waals surface area contributed by atoms with Crippen LogP contribution in [0.15, 0.2) is 0 Å². The zero-order valence-corrected chi connectivity index (χ0v) is 6.84. The van der Waals surface area contributed by atoms with E-state index in [9.17, 15) is 14.4 Å². The van der Waals surface area contributed by atoms with Crippen molar-refractivity contribution >= 4 is 29.4 Å². The summed E-state index contributed by atoms with van der Waals surface area (Å²) in [4.78, 5) is 31.8. The molecule has 62 valence electrons. The zero-order chi connectivity index (χ0) is 9.02. The Morgan fingerprint density at radius 1 is 1.18 bits per heavy atom. The Kier molecular flexibility index (Phi) is 3.74. The van der Waals surface area contributed by atoms with Gasteiger partial charge in [0.2, 0.25) is 0 Å². The second-order valence-electron chi connectivity index (χ2n) is 2.05. The van der Waals surface area contributed by atoms with Gasteiger partial charge in [-0.25, -0.2) is 4.79 Å². The van der Waals surface area contributed by atoms with Crippen LogP contribution in [0.5, 0.6) is 0 Å². The first kappa shape index (κ1) is 10.1. The van der Waals surface area contributed by atoms with Gasteiger partial charge in [-0.3, -0.25) is 9.59 Å². The molecule has 0 aliphatic heterocycles. The highest BCUT2D eigenvalue weighted by molar-refractivity contribution is 6.22. The average molecular weight is 179 g/mol. The number of carbonyl (C=O) groups excluding carboxylic acids is 3. The highest BCUT2D eigenvalue weighted by Crippen LogP contribution is 2.04. The van der Waals surface area contributed by atoms with Crippen LogP contribution in [-0.4, -0.2) is 17.5 Å². The van der Waals surface area contributed by atoms with E-state index in [4.69, 9.17) is 0 Å². The predicted molar refractivity (Wildman–Crippen MR) is 36.8 cm³/mol. The first-order valence-electron chi connectivity index (χ1n) is 2.84. The largest absolute Gasteiger partial charge is 0.346 e. The van der Waals surface area contributed by atoms with E-state index in [1.165, 1.54) is 0 Å². The standard InChI is InChI=1S/C6H7ClO4/c1-3(8)5(4(2)9)6(10)11-7/h5H,1-2H3. The van der Waals surface area contributed by atoms with Crippen LogP contribution in [0.4, 0.5) is 0 Å². The molecular weight excluding hydrogens is 172 g/mol. The van der Waals surface area contributed by atoms with Crippen LogP contribution in [0.2, 0.25) is 0 Å². The molecule has 0 saturated carbocycles. The fourth-order valence-electron chi connectivity index (χ4n) is 0.663. The van der Waals surface area contributed by atoms with Crippen LogP contribution in [-0.2, 0) is 18.7 Å². The van der Waals surface area contributed by atoms with Gasteiger partial charge in [-0.2, -0.15) is 0 Å².